The molecule has 30 heavy (non-hydrogen) atoms. The van der Waals surface area contributed by atoms with Crippen molar-refractivity contribution in [2.75, 3.05) is 20.2 Å². The van der Waals surface area contributed by atoms with E-state index in [0.29, 0.717) is 12.3 Å². The van der Waals surface area contributed by atoms with Crippen molar-refractivity contribution in [3.05, 3.63) is 46.0 Å². The Balaban J connectivity index is 1.49. The average Bonchev–Trinajstić information content (AvgIpc) is 2.92. The quantitative estimate of drug-likeness (QED) is 0.736. The lowest BCUT2D eigenvalue weighted by atomic mass is 9.83. The summed E-state index contributed by atoms with van der Waals surface area (Å²) in [5.41, 5.74) is 3.09. The Hall–Kier alpha value is -2.54. The third kappa shape index (κ3) is 4.31. The first-order valence-corrected chi connectivity index (χ1v) is 11.0. The zero-order chi connectivity index (χ0) is 21.1. The lowest BCUT2D eigenvalue weighted by Crippen LogP contribution is -2.29. The molecule has 2 aliphatic rings. The Morgan fingerprint density at radius 1 is 1.17 bits per heavy atom. The lowest BCUT2D eigenvalue weighted by Gasteiger charge is -2.28. The molecule has 1 aliphatic carbocycles. The molecule has 0 amide bonds. The molecule has 0 bridgehead atoms. The normalized spacial score (nSPS) is 21.6. The maximum absolute atomic E-state index is 13.2. The molecule has 162 valence electrons. The van der Waals surface area contributed by atoms with Crippen LogP contribution in [-0.2, 0) is 22.4 Å². The van der Waals surface area contributed by atoms with E-state index in [1.807, 2.05) is 12.1 Å². The summed E-state index contributed by atoms with van der Waals surface area (Å²) in [4.78, 5) is 24.5. The van der Waals surface area contributed by atoms with Crippen molar-refractivity contribution >= 4 is 5.97 Å². The van der Waals surface area contributed by atoms with E-state index in [-0.39, 0.29) is 23.6 Å². The van der Waals surface area contributed by atoms with E-state index in [4.69, 9.17) is 4.74 Å². The van der Waals surface area contributed by atoms with E-state index in [1.165, 1.54) is 22.8 Å². The van der Waals surface area contributed by atoms with Gasteiger partial charge >= 0.3 is 11.7 Å². The maximum atomic E-state index is 13.2. The van der Waals surface area contributed by atoms with E-state index in [2.05, 4.69) is 11.4 Å². The minimum atomic E-state index is -0.183. The monoisotopic (exact) mass is 413 g/mol. The van der Waals surface area contributed by atoms with Crippen LogP contribution in [0.5, 0.6) is 5.88 Å². The number of nitrogens with zero attached hydrogens (tertiary/aromatic N) is 2. The number of carbonyl (C=O) groups is 1. The first kappa shape index (κ1) is 20.7. The number of hydrogen-bond acceptors (Lipinski definition) is 5. The molecule has 7 heteroatoms. The summed E-state index contributed by atoms with van der Waals surface area (Å²) in [5.74, 6) is 0.316. The Morgan fingerprint density at radius 3 is 2.63 bits per heavy atom. The van der Waals surface area contributed by atoms with E-state index in [9.17, 15) is 14.7 Å². The van der Waals surface area contributed by atoms with E-state index >= 15 is 0 Å². The summed E-state index contributed by atoms with van der Waals surface area (Å²) in [5, 5.41) is 14.0. The van der Waals surface area contributed by atoms with Gasteiger partial charge in [0.15, 0.2) is 0 Å². The highest BCUT2D eigenvalue weighted by atomic mass is 16.5. The van der Waals surface area contributed by atoms with Crippen molar-refractivity contribution in [2.24, 2.45) is 5.92 Å². The highest BCUT2D eigenvalue weighted by Gasteiger charge is 2.26. The van der Waals surface area contributed by atoms with Gasteiger partial charge in [0.25, 0.3) is 0 Å². The van der Waals surface area contributed by atoms with Crippen molar-refractivity contribution < 1.29 is 14.6 Å². The van der Waals surface area contributed by atoms with Crippen molar-refractivity contribution in [1.29, 1.82) is 0 Å². The van der Waals surface area contributed by atoms with Gasteiger partial charge in [-0.15, -0.1) is 0 Å². The Labute approximate surface area is 176 Å². The Kier molecular flexibility index (Phi) is 6.27. The van der Waals surface area contributed by atoms with Crippen LogP contribution in [0.15, 0.2) is 29.2 Å². The maximum Gasteiger partial charge on any atom is 0.335 e. The molecule has 2 heterocycles. The van der Waals surface area contributed by atoms with Crippen LogP contribution in [0.1, 0.15) is 55.7 Å². The van der Waals surface area contributed by atoms with Gasteiger partial charge in [-0.2, -0.15) is 0 Å². The van der Waals surface area contributed by atoms with Crippen LogP contribution in [0.25, 0.3) is 5.69 Å². The minimum Gasteiger partial charge on any atom is -0.493 e. The van der Waals surface area contributed by atoms with Crippen LogP contribution in [-0.4, -0.2) is 40.4 Å². The van der Waals surface area contributed by atoms with E-state index in [0.717, 1.165) is 63.7 Å². The summed E-state index contributed by atoms with van der Waals surface area (Å²) in [6.45, 7) is 1.90. The SMILES string of the molecule is COC(=O)CCC1CCC(n2cc(O)n(-c3ccc4c(c3)CCNCC4)c2=O)CC1. The third-order valence-electron chi connectivity index (χ3n) is 6.68. The Bertz CT molecular complexity index is 954. The molecule has 2 N–H and O–H groups in total. The summed E-state index contributed by atoms with van der Waals surface area (Å²) >= 11 is 0. The number of fused-ring (bicyclic) bond motifs is 1. The molecule has 2 aromatic rings. The van der Waals surface area contributed by atoms with Gasteiger partial charge in [-0.1, -0.05) is 6.07 Å². The number of esters is 1. The fourth-order valence-electron chi connectivity index (χ4n) is 4.89. The van der Waals surface area contributed by atoms with Crippen LogP contribution < -0.4 is 11.0 Å². The van der Waals surface area contributed by atoms with Crippen molar-refractivity contribution in [3.8, 4) is 11.6 Å². The smallest absolute Gasteiger partial charge is 0.335 e. The molecule has 0 spiro atoms. The molecule has 1 aromatic carbocycles. The van der Waals surface area contributed by atoms with E-state index < -0.39 is 0 Å². The summed E-state index contributed by atoms with van der Waals surface area (Å²) in [6.07, 6.45) is 8.50. The van der Waals surface area contributed by atoms with Gasteiger partial charge in [-0.25, -0.2) is 9.36 Å². The van der Waals surface area contributed by atoms with Crippen molar-refractivity contribution in [3.63, 3.8) is 0 Å². The van der Waals surface area contributed by atoms with Crippen LogP contribution >= 0.6 is 0 Å². The number of ether oxygens (including phenoxy) is 1. The molecular formula is C23H31N3O4. The second-order valence-electron chi connectivity index (χ2n) is 8.50. The van der Waals surface area contributed by atoms with Crippen LogP contribution in [0.3, 0.4) is 0 Å². The van der Waals surface area contributed by atoms with Gasteiger partial charge in [-0.3, -0.25) is 9.36 Å². The van der Waals surface area contributed by atoms with Gasteiger partial charge in [0, 0.05) is 12.5 Å². The largest absolute Gasteiger partial charge is 0.493 e. The zero-order valence-electron chi connectivity index (χ0n) is 17.6. The third-order valence-corrected chi connectivity index (χ3v) is 6.68. The molecule has 4 rings (SSSR count). The molecule has 7 nitrogen and oxygen atoms in total. The minimum absolute atomic E-state index is 0.0143. The molecular weight excluding hydrogens is 382 g/mol. The predicted octanol–water partition coefficient (Wildman–Crippen LogP) is 2.72. The topological polar surface area (TPSA) is 85.5 Å². The fraction of sp³-hybridized carbons (Fsp3) is 0.565. The van der Waals surface area contributed by atoms with Gasteiger partial charge in [0.1, 0.15) is 0 Å². The van der Waals surface area contributed by atoms with Crippen molar-refractivity contribution in [2.45, 2.75) is 57.4 Å². The number of methoxy groups -OCH3 is 1. The molecule has 0 atom stereocenters. The van der Waals surface area contributed by atoms with E-state index in [1.54, 1.807) is 10.8 Å². The number of aromatic nitrogens is 2. The number of hydrogen-bond donors (Lipinski definition) is 2. The molecule has 0 radical (unpaired) electrons. The van der Waals surface area contributed by atoms with Gasteiger partial charge < -0.3 is 15.2 Å². The van der Waals surface area contributed by atoms with Crippen LogP contribution in [0.4, 0.5) is 0 Å². The summed E-state index contributed by atoms with van der Waals surface area (Å²) in [7, 11) is 1.42. The van der Waals surface area contributed by atoms with Gasteiger partial charge in [0.2, 0.25) is 5.88 Å². The average molecular weight is 414 g/mol. The highest BCUT2D eigenvalue weighted by Crippen LogP contribution is 2.34. The summed E-state index contributed by atoms with van der Waals surface area (Å²) < 4.78 is 7.84. The number of aromatic hydroxyl groups is 1. The highest BCUT2D eigenvalue weighted by molar-refractivity contribution is 5.69. The first-order chi connectivity index (χ1) is 14.6. The molecule has 1 fully saturated rings. The van der Waals surface area contributed by atoms with Crippen LogP contribution in [0.2, 0.25) is 0 Å². The number of carbonyl (C=O) groups excluding carboxylic acids is 1. The number of nitrogens with one attached hydrogen (secondary N) is 1. The van der Waals surface area contributed by atoms with Crippen LogP contribution in [0, 0.1) is 5.92 Å². The van der Waals surface area contributed by atoms with Crippen molar-refractivity contribution in [1.82, 2.24) is 14.5 Å². The number of benzene rings is 1. The second kappa shape index (κ2) is 9.08. The number of imidazole rings is 1. The molecule has 1 saturated carbocycles. The van der Waals surface area contributed by atoms with Gasteiger partial charge in [0.05, 0.1) is 19.0 Å². The predicted molar refractivity (Wildman–Crippen MR) is 114 cm³/mol. The Morgan fingerprint density at radius 2 is 1.90 bits per heavy atom. The summed E-state index contributed by atoms with van der Waals surface area (Å²) in [6, 6.07) is 6.13. The second-order valence-corrected chi connectivity index (χ2v) is 8.50. The van der Waals surface area contributed by atoms with Gasteiger partial charge in [-0.05, 0) is 87.2 Å². The molecule has 0 saturated heterocycles. The molecule has 1 aliphatic heterocycles. The molecule has 1 aromatic heterocycles. The zero-order valence-corrected chi connectivity index (χ0v) is 17.6. The fourth-order valence-corrected chi connectivity index (χ4v) is 4.89. The standard InChI is InChI=1S/C23H31N3O4/c1-30-22(28)9-4-16-2-6-19(7-3-16)25-15-21(27)26(23(25)29)20-8-5-17-10-12-24-13-11-18(17)14-20/h5,8,14-16,19,24,27H,2-4,6-7,9-13H2,1H3. The molecule has 0 unspecified atom stereocenters. The first-order valence-electron chi connectivity index (χ1n) is 11.0. The lowest BCUT2D eigenvalue weighted by molar-refractivity contribution is -0.141. The number of rotatable bonds is 5.